The monoisotopic (exact) mass is 563 g/mol. The lowest BCUT2D eigenvalue weighted by Gasteiger charge is -2.11. The van der Waals surface area contributed by atoms with E-state index in [0.717, 1.165) is 67.8 Å². The second-order valence-corrected chi connectivity index (χ2v) is 8.23. The molecule has 8 nitrogen and oxygen atoms in total. The van der Waals surface area contributed by atoms with Crippen molar-refractivity contribution in [1.29, 1.82) is 0 Å². The third kappa shape index (κ3) is 7.02. The number of fused-ring (bicyclic) bond motifs is 1. The Hall–Kier alpha value is -2.43. The van der Waals surface area contributed by atoms with E-state index in [2.05, 4.69) is 61.4 Å². The molecule has 0 saturated heterocycles. The third-order valence-electron chi connectivity index (χ3n) is 5.65. The summed E-state index contributed by atoms with van der Waals surface area (Å²) in [5.74, 6) is 3.67. The highest BCUT2D eigenvalue weighted by Gasteiger charge is 2.14. The van der Waals surface area contributed by atoms with E-state index in [1.54, 1.807) is 6.26 Å². The van der Waals surface area contributed by atoms with Crippen molar-refractivity contribution in [2.45, 2.75) is 65.5 Å². The zero-order chi connectivity index (χ0) is 22.2. The number of guanidine groups is 1. The summed E-state index contributed by atoms with van der Waals surface area (Å²) >= 11 is 0. The van der Waals surface area contributed by atoms with Crippen molar-refractivity contribution in [2.75, 3.05) is 13.1 Å². The van der Waals surface area contributed by atoms with Gasteiger partial charge in [-0.25, -0.2) is 9.98 Å². The van der Waals surface area contributed by atoms with Gasteiger partial charge in [0.05, 0.1) is 6.54 Å². The number of benzene rings is 1. The Balaban J connectivity index is 0.00000306. The van der Waals surface area contributed by atoms with Crippen LogP contribution in [0.5, 0.6) is 0 Å². The van der Waals surface area contributed by atoms with Crippen LogP contribution in [0.1, 0.15) is 55.5 Å². The molecule has 3 heterocycles. The number of aromatic nitrogens is 4. The quantitative estimate of drug-likeness (QED) is 0.184. The average Bonchev–Trinajstić information content (AvgIpc) is 3.36. The molecule has 0 fully saturated rings. The van der Waals surface area contributed by atoms with Gasteiger partial charge in [0, 0.05) is 38.0 Å². The lowest BCUT2D eigenvalue weighted by molar-refractivity contribution is 0.572. The van der Waals surface area contributed by atoms with Gasteiger partial charge in [0.15, 0.2) is 5.96 Å². The molecule has 4 rings (SSSR count). The van der Waals surface area contributed by atoms with E-state index in [-0.39, 0.29) is 24.0 Å². The molecule has 2 aromatic heterocycles. The number of nitrogens with zero attached hydrogens (tertiary/aromatic N) is 5. The van der Waals surface area contributed by atoms with Gasteiger partial charge in [-0.15, -0.1) is 34.2 Å². The second kappa shape index (κ2) is 12.7. The largest absolute Gasteiger partial charge is 0.444 e. The summed E-state index contributed by atoms with van der Waals surface area (Å²) in [5, 5.41) is 15.5. The predicted octanol–water partition coefficient (Wildman–Crippen LogP) is 4.27. The SMILES string of the molecule is CCNC(=NCc1coc(-c2ccc(C)cc2)n1)NCCCc1nnc2n1CCCCC2.I. The minimum atomic E-state index is 0. The van der Waals surface area contributed by atoms with Crippen LogP contribution < -0.4 is 10.6 Å². The van der Waals surface area contributed by atoms with Crippen LogP contribution in [0.3, 0.4) is 0 Å². The highest BCUT2D eigenvalue weighted by Crippen LogP contribution is 2.19. The maximum Gasteiger partial charge on any atom is 0.226 e. The number of aryl methyl sites for hydroxylation is 3. The number of aliphatic imine (C=N–C) groups is 1. The molecule has 0 bridgehead atoms. The maximum atomic E-state index is 5.64. The van der Waals surface area contributed by atoms with Gasteiger partial charge in [-0.3, -0.25) is 0 Å². The molecular weight excluding hydrogens is 529 g/mol. The highest BCUT2D eigenvalue weighted by atomic mass is 127. The molecule has 0 unspecified atom stereocenters. The number of halogens is 1. The molecule has 1 aliphatic rings. The van der Waals surface area contributed by atoms with Crippen LogP contribution in [0.4, 0.5) is 0 Å². The topological polar surface area (TPSA) is 93.2 Å². The van der Waals surface area contributed by atoms with E-state index >= 15 is 0 Å². The molecular formula is C24H34IN7O. The van der Waals surface area contributed by atoms with Crippen LogP contribution in [0, 0.1) is 6.92 Å². The van der Waals surface area contributed by atoms with Crippen molar-refractivity contribution in [3.63, 3.8) is 0 Å². The number of hydrogen-bond acceptors (Lipinski definition) is 5. The fourth-order valence-electron chi connectivity index (χ4n) is 3.89. The lowest BCUT2D eigenvalue weighted by atomic mass is 10.1. The number of oxazole rings is 1. The minimum Gasteiger partial charge on any atom is -0.444 e. The van der Waals surface area contributed by atoms with Gasteiger partial charge in [0.25, 0.3) is 0 Å². The number of nitrogens with one attached hydrogen (secondary N) is 2. The summed E-state index contributed by atoms with van der Waals surface area (Å²) in [7, 11) is 0. The molecule has 1 aliphatic heterocycles. The zero-order valence-electron chi connectivity index (χ0n) is 19.5. The van der Waals surface area contributed by atoms with E-state index in [1.807, 2.05) is 12.1 Å². The Morgan fingerprint density at radius 3 is 2.79 bits per heavy atom. The minimum absolute atomic E-state index is 0. The molecule has 3 aromatic rings. The van der Waals surface area contributed by atoms with Crippen molar-refractivity contribution in [1.82, 2.24) is 30.4 Å². The first-order valence-electron chi connectivity index (χ1n) is 11.7. The summed E-state index contributed by atoms with van der Waals surface area (Å²) < 4.78 is 7.96. The van der Waals surface area contributed by atoms with Gasteiger partial charge < -0.3 is 19.6 Å². The first kappa shape index (κ1) is 25.2. The molecule has 178 valence electrons. The summed E-state index contributed by atoms with van der Waals surface area (Å²) in [6.45, 7) is 7.27. The van der Waals surface area contributed by atoms with E-state index in [9.17, 15) is 0 Å². The molecule has 0 radical (unpaired) electrons. The molecule has 1 aromatic carbocycles. The van der Waals surface area contributed by atoms with E-state index in [1.165, 1.54) is 24.8 Å². The van der Waals surface area contributed by atoms with Crippen LogP contribution in [0.2, 0.25) is 0 Å². The van der Waals surface area contributed by atoms with Crippen molar-refractivity contribution in [3.8, 4) is 11.5 Å². The Morgan fingerprint density at radius 1 is 1.12 bits per heavy atom. The van der Waals surface area contributed by atoms with Crippen molar-refractivity contribution in [3.05, 3.63) is 53.4 Å². The van der Waals surface area contributed by atoms with Gasteiger partial charge in [0.1, 0.15) is 23.6 Å². The number of hydrogen-bond donors (Lipinski definition) is 2. The van der Waals surface area contributed by atoms with E-state index in [0.29, 0.717) is 12.4 Å². The Kier molecular flexibility index (Phi) is 9.71. The molecule has 0 amide bonds. The number of rotatable bonds is 8. The summed E-state index contributed by atoms with van der Waals surface area (Å²) in [6, 6.07) is 8.16. The van der Waals surface area contributed by atoms with Gasteiger partial charge in [-0.1, -0.05) is 24.1 Å². The molecule has 9 heteroatoms. The van der Waals surface area contributed by atoms with Crippen molar-refractivity contribution < 1.29 is 4.42 Å². The molecule has 0 saturated carbocycles. The first-order chi connectivity index (χ1) is 15.7. The molecule has 33 heavy (non-hydrogen) atoms. The smallest absolute Gasteiger partial charge is 0.226 e. The molecule has 0 atom stereocenters. The Labute approximate surface area is 212 Å². The summed E-state index contributed by atoms with van der Waals surface area (Å²) in [4.78, 5) is 9.23. The predicted molar refractivity (Wildman–Crippen MR) is 141 cm³/mol. The van der Waals surface area contributed by atoms with Crippen LogP contribution in [0.25, 0.3) is 11.5 Å². The standard InChI is InChI=1S/C24H33N7O.HI/c1-3-25-24(26-14-7-9-22-30-29-21-8-5-4-6-15-31(21)22)27-16-20-17-32-23(28-20)19-12-10-18(2)11-13-19;/h10-13,17H,3-9,14-16H2,1-2H3,(H2,25,26,27);1H. The third-order valence-corrected chi connectivity index (χ3v) is 5.65. The normalized spacial score (nSPS) is 13.7. The fraction of sp³-hybridized carbons (Fsp3) is 0.500. The maximum absolute atomic E-state index is 5.64. The molecule has 0 spiro atoms. The summed E-state index contributed by atoms with van der Waals surface area (Å²) in [5.41, 5.74) is 3.00. The molecule has 2 N–H and O–H groups in total. The Bertz CT molecular complexity index is 1030. The zero-order valence-corrected chi connectivity index (χ0v) is 21.8. The van der Waals surface area contributed by atoms with Gasteiger partial charge in [-0.05, 0) is 45.2 Å². The Morgan fingerprint density at radius 2 is 1.97 bits per heavy atom. The van der Waals surface area contributed by atoms with Crippen LogP contribution >= 0.6 is 24.0 Å². The van der Waals surface area contributed by atoms with Crippen LogP contribution in [-0.4, -0.2) is 38.8 Å². The van der Waals surface area contributed by atoms with Gasteiger partial charge in [0.2, 0.25) is 5.89 Å². The van der Waals surface area contributed by atoms with Gasteiger partial charge in [-0.2, -0.15) is 0 Å². The van der Waals surface area contributed by atoms with Gasteiger partial charge >= 0.3 is 0 Å². The fourth-order valence-corrected chi connectivity index (χ4v) is 3.89. The van der Waals surface area contributed by atoms with E-state index < -0.39 is 0 Å². The molecule has 0 aliphatic carbocycles. The lowest BCUT2D eigenvalue weighted by Crippen LogP contribution is -2.37. The summed E-state index contributed by atoms with van der Waals surface area (Å²) in [6.07, 6.45) is 8.36. The highest BCUT2D eigenvalue weighted by molar-refractivity contribution is 14.0. The van der Waals surface area contributed by atoms with E-state index in [4.69, 9.17) is 4.42 Å². The van der Waals surface area contributed by atoms with Crippen molar-refractivity contribution in [2.24, 2.45) is 4.99 Å². The average molecular weight is 563 g/mol. The second-order valence-electron chi connectivity index (χ2n) is 8.23. The van der Waals surface area contributed by atoms with Crippen LogP contribution in [-0.2, 0) is 25.9 Å². The van der Waals surface area contributed by atoms with Crippen LogP contribution in [0.15, 0.2) is 39.9 Å². The van der Waals surface area contributed by atoms with Crippen molar-refractivity contribution >= 4 is 29.9 Å². The first-order valence-corrected chi connectivity index (χ1v) is 11.7.